The zero-order chi connectivity index (χ0) is 18.1. The van der Waals surface area contributed by atoms with Crippen molar-refractivity contribution >= 4 is 35.6 Å². The number of hydrogen-bond acceptors (Lipinski definition) is 4. The number of aliphatic imine (C=N–C) groups is 1. The number of rotatable bonds is 7. The number of nitrogens with zero attached hydrogens (tertiary/aromatic N) is 2. The molecule has 1 atom stereocenters. The second-order valence-electron chi connectivity index (χ2n) is 6.32. The molecule has 0 bridgehead atoms. The van der Waals surface area contributed by atoms with Gasteiger partial charge in [0.2, 0.25) is 0 Å². The minimum absolute atomic E-state index is 0. The molecule has 1 saturated heterocycles. The van der Waals surface area contributed by atoms with Gasteiger partial charge in [-0.15, -0.1) is 24.0 Å². The van der Waals surface area contributed by atoms with Gasteiger partial charge in [0.15, 0.2) is 17.5 Å². The quantitative estimate of drug-likeness (QED) is 0.359. The van der Waals surface area contributed by atoms with Crippen LogP contribution in [0.15, 0.2) is 23.2 Å². The van der Waals surface area contributed by atoms with Crippen LogP contribution in [0.5, 0.6) is 11.5 Å². The molecule has 148 valence electrons. The Hall–Kier alpha value is -1.22. The van der Waals surface area contributed by atoms with Crippen LogP contribution < -0.4 is 20.1 Å². The molecule has 0 saturated carbocycles. The number of guanidine groups is 1. The van der Waals surface area contributed by atoms with E-state index in [2.05, 4.69) is 29.4 Å². The molecular formula is C19H33IN4O2. The van der Waals surface area contributed by atoms with Crippen LogP contribution in [0.1, 0.15) is 26.7 Å². The van der Waals surface area contributed by atoms with Crippen LogP contribution in [0.2, 0.25) is 0 Å². The van der Waals surface area contributed by atoms with Gasteiger partial charge in [0.25, 0.3) is 0 Å². The highest BCUT2D eigenvalue weighted by Crippen LogP contribution is 2.29. The number of piperidine rings is 1. The summed E-state index contributed by atoms with van der Waals surface area (Å²) < 4.78 is 10.7. The van der Waals surface area contributed by atoms with Crippen LogP contribution in [0.3, 0.4) is 0 Å². The standard InChI is InChI=1S/C19H32N4O2.HI/c1-5-20-19(21-13-15-8-7-11-23(6-2)14-15)22-16-9-10-17(24-3)18(12-16)25-4;/h9-10,12,15H,5-8,11,13-14H2,1-4H3,(H2,20,21,22);1H. The van der Waals surface area contributed by atoms with Gasteiger partial charge in [0, 0.05) is 31.4 Å². The second-order valence-corrected chi connectivity index (χ2v) is 6.32. The van der Waals surface area contributed by atoms with Gasteiger partial charge < -0.3 is 25.0 Å². The van der Waals surface area contributed by atoms with Gasteiger partial charge in [-0.1, -0.05) is 6.92 Å². The van der Waals surface area contributed by atoms with E-state index in [1.807, 2.05) is 18.2 Å². The number of nitrogens with one attached hydrogen (secondary N) is 2. The summed E-state index contributed by atoms with van der Waals surface area (Å²) >= 11 is 0. The Morgan fingerprint density at radius 3 is 2.65 bits per heavy atom. The van der Waals surface area contributed by atoms with Crippen LogP contribution in [0.25, 0.3) is 0 Å². The molecule has 0 spiro atoms. The maximum absolute atomic E-state index is 5.37. The average molecular weight is 476 g/mol. The molecule has 1 aliphatic rings. The lowest BCUT2D eigenvalue weighted by atomic mass is 9.98. The first-order valence-electron chi connectivity index (χ1n) is 9.19. The molecule has 6 nitrogen and oxygen atoms in total. The smallest absolute Gasteiger partial charge is 0.195 e. The molecule has 0 amide bonds. The minimum atomic E-state index is 0. The molecule has 1 aromatic carbocycles. The van der Waals surface area contributed by atoms with Gasteiger partial charge in [-0.3, -0.25) is 4.99 Å². The summed E-state index contributed by atoms with van der Waals surface area (Å²) in [6, 6.07) is 5.78. The molecule has 1 unspecified atom stereocenters. The number of hydrogen-bond donors (Lipinski definition) is 2. The molecule has 2 N–H and O–H groups in total. The predicted octanol–water partition coefficient (Wildman–Crippen LogP) is 3.43. The lowest BCUT2D eigenvalue weighted by Crippen LogP contribution is -2.37. The fourth-order valence-electron chi connectivity index (χ4n) is 3.17. The average Bonchev–Trinajstić information content (AvgIpc) is 2.66. The number of methoxy groups -OCH3 is 2. The topological polar surface area (TPSA) is 58.1 Å². The molecule has 1 fully saturated rings. The van der Waals surface area contributed by atoms with Gasteiger partial charge in [-0.05, 0) is 50.9 Å². The van der Waals surface area contributed by atoms with Gasteiger partial charge in [-0.25, -0.2) is 0 Å². The summed E-state index contributed by atoms with van der Waals surface area (Å²) in [5.41, 5.74) is 0.927. The van der Waals surface area contributed by atoms with Crippen LogP contribution in [-0.4, -0.2) is 57.8 Å². The highest BCUT2D eigenvalue weighted by Gasteiger charge is 2.18. The van der Waals surface area contributed by atoms with Crippen molar-refractivity contribution in [2.45, 2.75) is 26.7 Å². The van der Waals surface area contributed by atoms with Gasteiger partial charge in [0.1, 0.15) is 0 Å². The summed E-state index contributed by atoms with van der Waals surface area (Å²) in [5.74, 6) is 2.86. The fraction of sp³-hybridized carbons (Fsp3) is 0.632. The van der Waals surface area contributed by atoms with Gasteiger partial charge in [-0.2, -0.15) is 0 Å². The number of benzene rings is 1. The van der Waals surface area contributed by atoms with E-state index in [1.165, 1.54) is 19.4 Å². The van der Waals surface area contributed by atoms with E-state index in [0.29, 0.717) is 11.7 Å². The normalized spacial score (nSPS) is 18.0. The van der Waals surface area contributed by atoms with E-state index in [1.54, 1.807) is 14.2 Å². The van der Waals surface area contributed by atoms with Crippen molar-refractivity contribution in [2.75, 3.05) is 52.3 Å². The number of halogens is 1. The Morgan fingerprint density at radius 2 is 2.00 bits per heavy atom. The van der Waals surface area contributed by atoms with E-state index in [9.17, 15) is 0 Å². The van der Waals surface area contributed by atoms with Crippen molar-refractivity contribution in [1.82, 2.24) is 10.2 Å². The SMILES string of the molecule is CCNC(=NCC1CCCN(CC)C1)Nc1ccc(OC)c(OC)c1.I. The minimum Gasteiger partial charge on any atom is -0.493 e. The monoisotopic (exact) mass is 476 g/mol. The molecule has 1 aromatic rings. The van der Waals surface area contributed by atoms with Gasteiger partial charge >= 0.3 is 0 Å². The third-order valence-corrected chi connectivity index (χ3v) is 4.55. The number of anilines is 1. The maximum atomic E-state index is 5.37. The molecule has 0 radical (unpaired) electrons. The molecule has 1 aliphatic heterocycles. The highest BCUT2D eigenvalue weighted by atomic mass is 127. The molecule has 1 heterocycles. The molecule has 2 rings (SSSR count). The highest BCUT2D eigenvalue weighted by molar-refractivity contribution is 14.0. The lowest BCUT2D eigenvalue weighted by Gasteiger charge is -2.31. The van der Waals surface area contributed by atoms with Crippen LogP contribution in [-0.2, 0) is 0 Å². The maximum Gasteiger partial charge on any atom is 0.195 e. The van der Waals surface area contributed by atoms with E-state index >= 15 is 0 Å². The molecule has 7 heteroatoms. The Bertz CT molecular complexity index is 568. The summed E-state index contributed by atoms with van der Waals surface area (Å²) in [7, 11) is 3.28. The number of ether oxygens (including phenoxy) is 2. The van der Waals surface area contributed by atoms with Crippen LogP contribution in [0, 0.1) is 5.92 Å². The van der Waals surface area contributed by atoms with Crippen molar-refractivity contribution in [2.24, 2.45) is 10.9 Å². The van der Waals surface area contributed by atoms with Crippen molar-refractivity contribution in [3.8, 4) is 11.5 Å². The van der Waals surface area contributed by atoms with Gasteiger partial charge in [0.05, 0.1) is 14.2 Å². The first kappa shape index (κ1) is 22.8. The first-order valence-corrected chi connectivity index (χ1v) is 9.19. The van der Waals surface area contributed by atoms with E-state index in [4.69, 9.17) is 14.5 Å². The fourth-order valence-corrected chi connectivity index (χ4v) is 3.17. The molecule has 0 aromatic heterocycles. The lowest BCUT2D eigenvalue weighted by molar-refractivity contribution is 0.187. The Labute approximate surface area is 174 Å². The van der Waals surface area contributed by atoms with Crippen molar-refractivity contribution in [1.29, 1.82) is 0 Å². The Kier molecular flexibility index (Phi) is 10.7. The third-order valence-electron chi connectivity index (χ3n) is 4.55. The summed E-state index contributed by atoms with van der Waals surface area (Å²) in [5, 5.41) is 6.68. The summed E-state index contributed by atoms with van der Waals surface area (Å²) in [6.07, 6.45) is 2.53. The first-order chi connectivity index (χ1) is 12.2. The van der Waals surface area contributed by atoms with Crippen molar-refractivity contribution in [3.63, 3.8) is 0 Å². The zero-order valence-corrected chi connectivity index (χ0v) is 18.7. The molecule has 0 aliphatic carbocycles. The molecule has 26 heavy (non-hydrogen) atoms. The van der Waals surface area contributed by atoms with Crippen molar-refractivity contribution < 1.29 is 9.47 Å². The van der Waals surface area contributed by atoms with E-state index in [-0.39, 0.29) is 24.0 Å². The van der Waals surface area contributed by atoms with Crippen LogP contribution in [0.4, 0.5) is 5.69 Å². The summed E-state index contributed by atoms with van der Waals surface area (Å²) in [4.78, 5) is 7.31. The third kappa shape index (κ3) is 6.83. The summed E-state index contributed by atoms with van der Waals surface area (Å²) in [6.45, 7) is 9.48. The van der Waals surface area contributed by atoms with E-state index in [0.717, 1.165) is 43.6 Å². The van der Waals surface area contributed by atoms with Crippen molar-refractivity contribution in [3.05, 3.63) is 18.2 Å². The predicted molar refractivity (Wildman–Crippen MR) is 119 cm³/mol. The van der Waals surface area contributed by atoms with E-state index < -0.39 is 0 Å². The Morgan fingerprint density at radius 1 is 1.23 bits per heavy atom. The van der Waals surface area contributed by atoms with Crippen LogP contribution >= 0.6 is 24.0 Å². The Balaban J connectivity index is 0.00000338. The second kappa shape index (κ2) is 12.2. The zero-order valence-electron chi connectivity index (χ0n) is 16.4. The molecular weight excluding hydrogens is 443 g/mol. The largest absolute Gasteiger partial charge is 0.493 e. The number of likely N-dealkylation sites (tertiary alicyclic amines) is 1.